The van der Waals surface area contributed by atoms with Gasteiger partial charge in [0.15, 0.2) is 0 Å². The van der Waals surface area contributed by atoms with Crippen LogP contribution in [0.15, 0.2) is 0 Å². The fourth-order valence-corrected chi connectivity index (χ4v) is 2.35. The monoisotopic (exact) mass is 253 g/mol. The molecule has 1 atom stereocenters. The minimum absolute atomic E-state index is 0.0917. The van der Waals surface area contributed by atoms with E-state index in [4.69, 9.17) is 9.84 Å². The molecule has 3 N–H and O–H groups in total. The van der Waals surface area contributed by atoms with Gasteiger partial charge in [-0.1, -0.05) is 0 Å². The van der Waals surface area contributed by atoms with E-state index < -0.39 is 33.8 Å². The molecule has 0 aliphatic carbocycles. The van der Waals surface area contributed by atoms with Crippen LogP contribution in [-0.2, 0) is 19.6 Å². The van der Waals surface area contributed by atoms with Crippen molar-refractivity contribution in [2.45, 2.75) is 18.4 Å². The van der Waals surface area contributed by atoms with E-state index in [1.165, 1.54) is 0 Å². The third-order valence-electron chi connectivity index (χ3n) is 2.29. The molecule has 0 spiro atoms. The largest absolute Gasteiger partial charge is 0.481 e. The van der Waals surface area contributed by atoms with E-state index in [0.717, 1.165) is 0 Å². The highest BCUT2D eigenvalue weighted by Gasteiger charge is 2.33. The summed E-state index contributed by atoms with van der Waals surface area (Å²) in [6, 6.07) is 0. The highest BCUT2D eigenvalue weighted by atomic mass is 32.2. The topological polar surface area (TPSA) is 113 Å². The molecular formula is C8H15NO6S. The maximum absolute atomic E-state index is 11.3. The first-order chi connectivity index (χ1) is 7.33. The molecule has 16 heavy (non-hydrogen) atoms. The summed E-state index contributed by atoms with van der Waals surface area (Å²) in [6.45, 7) is 0.344. The fraction of sp³-hybridized carbons (Fsp3) is 0.875. The third-order valence-corrected chi connectivity index (χ3v) is 3.61. The number of rotatable bonds is 6. The standard InChI is InChI=1S/C8H15NO6S/c10-7(11)1-4-16(13,14)9-5-8(12)2-3-15-6-8/h9,12H,1-6H2,(H,10,11). The summed E-state index contributed by atoms with van der Waals surface area (Å²) in [5, 5.41) is 18.1. The number of carboxylic acids is 1. The number of ether oxygens (including phenoxy) is 1. The lowest BCUT2D eigenvalue weighted by Gasteiger charge is -2.20. The summed E-state index contributed by atoms with van der Waals surface area (Å²) in [5.41, 5.74) is -1.17. The van der Waals surface area contributed by atoms with Gasteiger partial charge in [0.05, 0.1) is 18.8 Å². The number of carbonyl (C=O) groups is 1. The zero-order chi connectivity index (χ0) is 12.2. The molecule has 0 saturated carbocycles. The summed E-state index contributed by atoms with van der Waals surface area (Å²) in [4.78, 5) is 10.2. The van der Waals surface area contributed by atoms with Crippen LogP contribution in [0.25, 0.3) is 0 Å². The van der Waals surface area contributed by atoms with Gasteiger partial charge < -0.3 is 14.9 Å². The Morgan fingerprint density at radius 3 is 2.69 bits per heavy atom. The van der Waals surface area contributed by atoms with Gasteiger partial charge in [0.1, 0.15) is 5.60 Å². The zero-order valence-corrected chi connectivity index (χ0v) is 9.49. The van der Waals surface area contributed by atoms with E-state index in [1.807, 2.05) is 0 Å². The van der Waals surface area contributed by atoms with Crippen molar-refractivity contribution in [3.63, 3.8) is 0 Å². The molecule has 0 aromatic rings. The lowest BCUT2D eigenvalue weighted by atomic mass is 10.1. The summed E-state index contributed by atoms with van der Waals surface area (Å²) in [6.07, 6.45) is -0.0846. The van der Waals surface area contributed by atoms with Crippen molar-refractivity contribution in [2.75, 3.05) is 25.5 Å². The van der Waals surface area contributed by atoms with Gasteiger partial charge in [-0.05, 0) is 0 Å². The van der Waals surface area contributed by atoms with Crippen LogP contribution in [-0.4, -0.2) is 55.7 Å². The minimum Gasteiger partial charge on any atom is -0.481 e. The average molecular weight is 253 g/mol. The maximum atomic E-state index is 11.3. The Kier molecular flexibility index (Phi) is 4.25. The third kappa shape index (κ3) is 4.44. The predicted octanol–water partition coefficient (Wildman–Crippen LogP) is -1.47. The number of sulfonamides is 1. The van der Waals surface area contributed by atoms with Gasteiger partial charge in [-0.15, -0.1) is 0 Å². The van der Waals surface area contributed by atoms with Crippen molar-refractivity contribution in [1.82, 2.24) is 4.72 Å². The Hall–Kier alpha value is -0.700. The summed E-state index contributed by atoms with van der Waals surface area (Å²) < 4.78 is 29.7. The SMILES string of the molecule is O=C(O)CCS(=O)(=O)NCC1(O)CCOC1. The molecule has 1 saturated heterocycles. The second-order valence-corrected chi connectivity index (χ2v) is 5.74. The van der Waals surface area contributed by atoms with Crippen LogP contribution in [0.4, 0.5) is 0 Å². The second-order valence-electron chi connectivity index (χ2n) is 3.81. The molecule has 1 aliphatic rings. The normalized spacial score (nSPS) is 25.8. The molecule has 0 aromatic carbocycles. The van der Waals surface area contributed by atoms with Crippen molar-refractivity contribution >= 4 is 16.0 Å². The first-order valence-corrected chi connectivity index (χ1v) is 6.47. The van der Waals surface area contributed by atoms with Crippen LogP contribution in [0, 0.1) is 0 Å². The Labute approximate surface area is 93.5 Å². The van der Waals surface area contributed by atoms with Gasteiger partial charge in [-0.3, -0.25) is 4.79 Å². The quantitative estimate of drug-likeness (QED) is 0.533. The Bertz CT molecular complexity index is 346. The van der Waals surface area contributed by atoms with Crippen molar-refractivity contribution in [1.29, 1.82) is 0 Å². The molecule has 94 valence electrons. The number of nitrogens with one attached hydrogen (secondary N) is 1. The first-order valence-electron chi connectivity index (χ1n) is 4.82. The van der Waals surface area contributed by atoms with Crippen molar-refractivity contribution in [3.05, 3.63) is 0 Å². The lowest BCUT2D eigenvalue weighted by Crippen LogP contribution is -2.44. The molecular weight excluding hydrogens is 238 g/mol. The molecule has 0 radical (unpaired) electrons. The molecule has 1 heterocycles. The van der Waals surface area contributed by atoms with Gasteiger partial charge in [0.2, 0.25) is 10.0 Å². The molecule has 7 nitrogen and oxygen atoms in total. The molecule has 0 amide bonds. The van der Waals surface area contributed by atoms with Crippen LogP contribution in [0.1, 0.15) is 12.8 Å². The van der Waals surface area contributed by atoms with E-state index in [-0.39, 0.29) is 13.2 Å². The molecule has 0 bridgehead atoms. The van der Waals surface area contributed by atoms with Crippen LogP contribution >= 0.6 is 0 Å². The van der Waals surface area contributed by atoms with Gasteiger partial charge in [0.25, 0.3) is 0 Å². The Morgan fingerprint density at radius 2 is 2.19 bits per heavy atom. The van der Waals surface area contributed by atoms with Crippen molar-refractivity contribution in [3.8, 4) is 0 Å². The van der Waals surface area contributed by atoms with Crippen LogP contribution < -0.4 is 4.72 Å². The van der Waals surface area contributed by atoms with Crippen molar-refractivity contribution < 1.29 is 28.2 Å². The summed E-state index contributed by atoms with van der Waals surface area (Å²) >= 11 is 0. The average Bonchev–Trinajstić information content (AvgIpc) is 2.61. The van der Waals surface area contributed by atoms with Crippen LogP contribution in [0.2, 0.25) is 0 Å². The van der Waals surface area contributed by atoms with E-state index in [2.05, 4.69) is 4.72 Å². The smallest absolute Gasteiger partial charge is 0.304 e. The fourth-order valence-electron chi connectivity index (χ4n) is 1.27. The molecule has 1 rings (SSSR count). The number of aliphatic hydroxyl groups is 1. The van der Waals surface area contributed by atoms with Gasteiger partial charge in [-0.2, -0.15) is 0 Å². The minimum atomic E-state index is -3.65. The van der Waals surface area contributed by atoms with Gasteiger partial charge >= 0.3 is 5.97 Å². The first kappa shape index (κ1) is 13.4. The van der Waals surface area contributed by atoms with E-state index in [1.54, 1.807) is 0 Å². The van der Waals surface area contributed by atoms with Gasteiger partial charge in [-0.25, -0.2) is 13.1 Å². The lowest BCUT2D eigenvalue weighted by molar-refractivity contribution is -0.136. The highest BCUT2D eigenvalue weighted by molar-refractivity contribution is 7.89. The second kappa shape index (κ2) is 5.09. The maximum Gasteiger partial charge on any atom is 0.304 e. The number of hydrogen-bond acceptors (Lipinski definition) is 5. The van der Waals surface area contributed by atoms with Crippen LogP contribution in [0.5, 0.6) is 0 Å². The number of carboxylic acid groups (broad SMARTS) is 1. The van der Waals surface area contributed by atoms with Crippen molar-refractivity contribution in [2.24, 2.45) is 0 Å². The summed E-state index contributed by atoms with van der Waals surface area (Å²) in [7, 11) is -3.65. The Balaban J connectivity index is 2.38. The number of hydrogen-bond donors (Lipinski definition) is 3. The molecule has 1 fully saturated rings. The zero-order valence-electron chi connectivity index (χ0n) is 8.68. The van der Waals surface area contributed by atoms with E-state index in [9.17, 15) is 18.3 Å². The van der Waals surface area contributed by atoms with Crippen LogP contribution in [0.3, 0.4) is 0 Å². The van der Waals surface area contributed by atoms with E-state index in [0.29, 0.717) is 13.0 Å². The van der Waals surface area contributed by atoms with Gasteiger partial charge in [0, 0.05) is 19.6 Å². The number of aliphatic carboxylic acids is 1. The molecule has 0 aromatic heterocycles. The molecule has 8 heteroatoms. The Morgan fingerprint density at radius 1 is 1.50 bits per heavy atom. The molecule has 1 aliphatic heterocycles. The summed E-state index contributed by atoms with van der Waals surface area (Å²) in [5.74, 6) is -1.66. The van der Waals surface area contributed by atoms with E-state index >= 15 is 0 Å². The predicted molar refractivity (Wildman–Crippen MR) is 54.4 cm³/mol. The highest BCUT2D eigenvalue weighted by Crippen LogP contribution is 2.17. The molecule has 1 unspecified atom stereocenters.